The number of anilines is 1. The molecule has 4 nitrogen and oxygen atoms in total. The lowest BCUT2D eigenvalue weighted by atomic mass is 10.3. The summed E-state index contributed by atoms with van der Waals surface area (Å²) in [5.74, 6) is -4.05. The fourth-order valence-corrected chi connectivity index (χ4v) is 1.11. The third kappa shape index (κ3) is 3.41. The lowest BCUT2D eigenvalue weighted by Gasteiger charge is -2.12. The van der Waals surface area contributed by atoms with E-state index >= 15 is 0 Å². The van der Waals surface area contributed by atoms with Crippen LogP contribution in [0.15, 0.2) is 24.0 Å². The van der Waals surface area contributed by atoms with E-state index in [1.54, 1.807) is 14.1 Å². The monoisotopic (exact) mass is 258 g/mol. The average Bonchev–Trinajstić information content (AvgIpc) is 2.25. The maximum absolute atomic E-state index is 12.9. The van der Waals surface area contributed by atoms with Crippen molar-refractivity contribution in [1.29, 1.82) is 5.41 Å². The normalized spacial score (nSPS) is 11.3. The van der Waals surface area contributed by atoms with Crippen molar-refractivity contribution in [2.75, 3.05) is 19.4 Å². The number of hydrogen-bond acceptors (Lipinski definition) is 3. The van der Waals surface area contributed by atoms with Gasteiger partial charge in [-0.15, -0.1) is 0 Å². The molecule has 0 heterocycles. The van der Waals surface area contributed by atoms with Gasteiger partial charge < -0.3 is 16.0 Å². The Balaban J connectivity index is 2.89. The van der Waals surface area contributed by atoms with E-state index in [0.717, 1.165) is 12.1 Å². The third-order valence-electron chi connectivity index (χ3n) is 2.05. The number of nitrogens with two attached hydrogens (primary N) is 1. The molecule has 0 aliphatic heterocycles. The lowest BCUT2D eigenvalue weighted by molar-refractivity contribution is 0.448. The first-order valence-electron chi connectivity index (χ1n) is 4.96. The standard InChI is InChI=1S/C11H13F3N4/c1-18(2)10(16)5-9(15)17-6-3-7(12)11(14)8(13)4-6/h3-5,16-17H,15H2,1-2H3/b9-5+,16-10?. The van der Waals surface area contributed by atoms with Crippen LogP contribution in [0.25, 0.3) is 0 Å². The predicted octanol–water partition coefficient (Wildman–Crippen LogP) is 1.85. The van der Waals surface area contributed by atoms with Crippen molar-refractivity contribution in [3.63, 3.8) is 0 Å². The zero-order valence-corrected chi connectivity index (χ0v) is 9.89. The number of nitrogens with zero attached hydrogens (tertiary/aromatic N) is 1. The molecule has 4 N–H and O–H groups in total. The molecule has 0 unspecified atom stereocenters. The van der Waals surface area contributed by atoms with Crippen LogP contribution in [0.5, 0.6) is 0 Å². The number of amidine groups is 1. The molecular weight excluding hydrogens is 245 g/mol. The fourth-order valence-electron chi connectivity index (χ4n) is 1.11. The molecule has 1 rings (SSSR count). The van der Waals surface area contributed by atoms with Gasteiger partial charge in [0.25, 0.3) is 0 Å². The van der Waals surface area contributed by atoms with E-state index in [1.165, 1.54) is 11.0 Å². The van der Waals surface area contributed by atoms with E-state index in [1.807, 2.05) is 0 Å². The molecular formula is C11H13F3N4. The molecule has 1 aromatic carbocycles. The minimum atomic E-state index is -1.54. The van der Waals surface area contributed by atoms with E-state index in [-0.39, 0.29) is 17.3 Å². The summed E-state index contributed by atoms with van der Waals surface area (Å²) < 4.78 is 38.5. The molecule has 0 aliphatic carbocycles. The quantitative estimate of drug-likeness (QED) is 0.440. The highest BCUT2D eigenvalue weighted by Gasteiger charge is 2.10. The molecule has 0 aliphatic rings. The van der Waals surface area contributed by atoms with Gasteiger partial charge in [0.05, 0.1) is 0 Å². The fraction of sp³-hybridized carbons (Fsp3) is 0.182. The number of hydrogen-bond donors (Lipinski definition) is 3. The number of likely N-dealkylation sites (N-methyl/N-ethyl adjacent to an activating group) is 1. The zero-order valence-electron chi connectivity index (χ0n) is 9.89. The maximum Gasteiger partial charge on any atom is 0.194 e. The van der Waals surface area contributed by atoms with Gasteiger partial charge in [-0.3, -0.25) is 5.41 Å². The van der Waals surface area contributed by atoms with Crippen LogP contribution in [0.2, 0.25) is 0 Å². The van der Waals surface area contributed by atoms with E-state index in [0.29, 0.717) is 0 Å². The Morgan fingerprint density at radius 1 is 1.28 bits per heavy atom. The van der Waals surface area contributed by atoms with Crippen LogP contribution in [-0.4, -0.2) is 24.8 Å². The van der Waals surface area contributed by atoms with Crippen LogP contribution in [0.4, 0.5) is 18.9 Å². The van der Waals surface area contributed by atoms with Gasteiger partial charge in [0.1, 0.15) is 11.7 Å². The van der Waals surface area contributed by atoms with Crippen molar-refractivity contribution in [2.45, 2.75) is 0 Å². The summed E-state index contributed by atoms with van der Waals surface area (Å²) >= 11 is 0. The molecule has 0 saturated carbocycles. The highest BCUT2D eigenvalue weighted by molar-refractivity contribution is 5.90. The smallest absolute Gasteiger partial charge is 0.194 e. The van der Waals surface area contributed by atoms with Crippen LogP contribution in [0, 0.1) is 22.9 Å². The highest BCUT2D eigenvalue weighted by atomic mass is 19.2. The van der Waals surface area contributed by atoms with E-state index < -0.39 is 17.5 Å². The van der Waals surface area contributed by atoms with Gasteiger partial charge in [-0.2, -0.15) is 0 Å². The number of rotatable bonds is 3. The third-order valence-corrected chi connectivity index (χ3v) is 2.05. The Kier molecular flexibility index (Phi) is 4.19. The highest BCUT2D eigenvalue weighted by Crippen LogP contribution is 2.17. The second-order valence-electron chi connectivity index (χ2n) is 3.76. The Morgan fingerprint density at radius 3 is 2.22 bits per heavy atom. The summed E-state index contributed by atoms with van der Waals surface area (Å²) in [6, 6.07) is 1.55. The maximum atomic E-state index is 12.9. The van der Waals surface area contributed by atoms with Crippen LogP contribution in [-0.2, 0) is 0 Å². The molecule has 0 fully saturated rings. The Labute approximate surface area is 102 Å². The van der Waals surface area contributed by atoms with Crippen molar-refractivity contribution in [3.05, 3.63) is 41.5 Å². The van der Waals surface area contributed by atoms with Gasteiger partial charge in [0.15, 0.2) is 17.5 Å². The Morgan fingerprint density at radius 2 is 1.78 bits per heavy atom. The number of benzene rings is 1. The largest absolute Gasteiger partial charge is 0.385 e. The van der Waals surface area contributed by atoms with Crippen LogP contribution < -0.4 is 11.1 Å². The molecule has 0 spiro atoms. The lowest BCUT2D eigenvalue weighted by Crippen LogP contribution is -2.21. The molecule has 0 radical (unpaired) electrons. The summed E-state index contributed by atoms with van der Waals surface area (Å²) in [6.07, 6.45) is 1.26. The topological polar surface area (TPSA) is 65.1 Å². The minimum Gasteiger partial charge on any atom is -0.385 e. The van der Waals surface area contributed by atoms with Gasteiger partial charge in [0, 0.05) is 38.0 Å². The van der Waals surface area contributed by atoms with Crippen molar-refractivity contribution >= 4 is 11.5 Å². The molecule has 1 aromatic rings. The molecule has 0 amide bonds. The molecule has 7 heteroatoms. The van der Waals surface area contributed by atoms with Crippen LogP contribution >= 0.6 is 0 Å². The van der Waals surface area contributed by atoms with Gasteiger partial charge in [-0.1, -0.05) is 0 Å². The zero-order chi connectivity index (χ0) is 13.9. The summed E-state index contributed by atoms with van der Waals surface area (Å²) in [5.41, 5.74) is 5.49. The van der Waals surface area contributed by atoms with Crippen LogP contribution in [0.1, 0.15) is 0 Å². The first kappa shape index (κ1) is 13.9. The van der Waals surface area contributed by atoms with E-state index in [9.17, 15) is 13.2 Å². The van der Waals surface area contributed by atoms with Gasteiger partial charge in [0.2, 0.25) is 0 Å². The number of halogens is 3. The summed E-state index contributed by atoms with van der Waals surface area (Å²) in [5, 5.41) is 9.94. The van der Waals surface area contributed by atoms with Gasteiger partial charge in [-0.25, -0.2) is 13.2 Å². The second-order valence-corrected chi connectivity index (χ2v) is 3.76. The molecule has 0 aromatic heterocycles. The first-order valence-corrected chi connectivity index (χ1v) is 4.96. The summed E-state index contributed by atoms with van der Waals surface area (Å²) in [6.45, 7) is 0. The molecule has 0 atom stereocenters. The molecule has 0 bridgehead atoms. The summed E-state index contributed by atoms with van der Waals surface area (Å²) in [4.78, 5) is 1.49. The number of nitrogens with one attached hydrogen (secondary N) is 2. The van der Waals surface area contributed by atoms with E-state index in [4.69, 9.17) is 11.1 Å². The molecule has 0 saturated heterocycles. The Hall–Kier alpha value is -2.18. The molecule has 98 valence electrons. The van der Waals surface area contributed by atoms with Gasteiger partial charge in [-0.05, 0) is 0 Å². The average molecular weight is 258 g/mol. The van der Waals surface area contributed by atoms with Crippen molar-refractivity contribution < 1.29 is 13.2 Å². The van der Waals surface area contributed by atoms with Crippen molar-refractivity contribution in [1.82, 2.24) is 4.90 Å². The Bertz CT molecular complexity index is 474. The first-order chi connectivity index (χ1) is 8.31. The van der Waals surface area contributed by atoms with Gasteiger partial charge >= 0.3 is 0 Å². The SMILES string of the molecule is CN(C)C(=N)/C=C(\N)Nc1cc(F)c(F)c(F)c1. The minimum absolute atomic E-state index is 0.0131. The molecule has 18 heavy (non-hydrogen) atoms. The van der Waals surface area contributed by atoms with Crippen molar-refractivity contribution in [2.24, 2.45) is 5.73 Å². The van der Waals surface area contributed by atoms with E-state index in [2.05, 4.69) is 5.32 Å². The summed E-state index contributed by atoms with van der Waals surface area (Å²) in [7, 11) is 3.28. The second kappa shape index (κ2) is 5.44. The predicted molar refractivity (Wildman–Crippen MR) is 63.6 cm³/mol. The van der Waals surface area contributed by atoms with Crippen molar-refractivity contribution in [3.8, 4) is 0 Å². The van der Waals surface area contributed by atoms with Crippen LogP contribution in [0.3, 0.4) is 0 Å².